The number of hydrogen-bond acceptors (Lipinski definition) is 2. The molecule has 0 aliphatic carbocycles. The number of benzene rings is 1. The van der Waals surface area contributed by atoms with Crippen LogP contribution >= 0.6 is 23.8 Å². The lowest BCUT2D eigenvalue weighted by Crippen LogP contribution is -2.30. The summed E-state index contributed by atoms with van der Waals surface area (Å²) < 4.78 is 8.40. The molecule has 0 spiro atoms. The largest absolute Gasteiger partial charge is 0.374 e. The molecule has 18 heavy (non-hydrogen) atoms. The summed E-state index contributed by atoms with van der Waals surface area (Å²) in [5.41, 5.74) is 1.62. The lowest BCUT2D eigenvalue weighted by molar-refractivity contribution is -0.0219. The fourth-order valence-electron chi connectivity index (χ4n) is 2.14. The second-order valence-corrected chi connectivity index (χ2v) is 5.64. The molecule has 2 aromatic rings. The van der Waals surface area contributed by atoms with Crippen LogP contribution in [0.4, 0.5) is 0 Å². The van der Waals surface area contributed by atoms with E-state index in [-0.39, 0.29) is 5.60 Å². The third-order valence-corrected chi connectivity index (χ3v) is 3.44. The van der Waals surface area contributed by atoms with E-state index in [4.69, 9.17) is 28.6 Å². The molecule has 0 bridgehead atoms. The monoisotopic (exact) mass is 284 g/mol. The predicted molar refractivity (Wildman–Crippen MR) is 77.8 cm³/mol. The molecule has 0 fully saturated rings. The van der Waals surface area contributed by atoms with Crippen LogP contribution < -0.4 is 0 Å². The highest BCUT2D eigenvalue weighted by molar-refractivity contribution is 7.71. The molecule has 0 saturated heterocycles. The summed E-state index contributed by atoms with van der Waals surface area (Å²) >= 11 is 11.6. The zero-order valence-corrected chi connectivity index (χ0v) is 12.4. The first kappa shape index (κ1) is 13.6. The van der Waals surface area contributed by atoms with Gasteiger partial charge in [-0.2, -0.15) is 0 Å². The van der Waals surface area contributed by atoms with Gasteiger partial charge in [0.25, 0.3) is 0 Å². The average molecular weight is 285 g/mol. The van der Waals surface area contributed by atoms with Gasteiger partial charge in [0.15, 0.2) is 4.77 Å². The molecule has 1 heterocycles. The summed E-state index contributed by atoms with van der Waals surface area (Å²) in [6.07, 6.45) is 0. The van der Waals surface area contributed by atoms with Crippen molar-refractivity contribution in [3.8, 4) is 0 Å². The van der Waals surface area contributed by atoms with E-state index < -0.39 is 0 Å². The molecular formula is C13H17ClN2OS. The maximum Gasteiger partial charge on any atom is 0.178 e. The van der Waals surface area contributed by atoms with Gasteiger partial charge in [0, 0.05) is 6.61 Å². The summed E-state index contributed by atoms with van der Waals surface area (Å²) in [5, 5.41) is 0.701. The van der Waals surface area contributed by atoms with Crippen LogP contribution in [0, 0.1) is 4.77 Å². The van der Waals surface area contributed by atoms with E-state index in [0.717, 1.165) is 11.0 Å². The quantitative estimate of drug-likeness (QED) is 0.854. The third-order valence-electron chi connectivity index (χ3n) is 2.82. The molecule has 1 aromatic heterocycles. The normalized spacial score (nSPS) is 12.2. The van der Waals surface area contributed by atoms with Crippen molar-refractivity contribution in [2.75, 3.05) is 6.61 Å². The number of H-pyrrole nitrogens is 1. The van der Waals surface area contributed by atoms with Gasteiger partial charge in [0.2, 0.25) is 0 Å². The number of halogens is 1. The number of aromatic amines is 1. The van der Waals surface area contributed by atoms with Gasteiger partial charge in [0.1, 0.15) is 0 Å². The Morgan fingerprint density at radius 3 is 2.83 bits per heavy atom. The van der Waals surface area contributed by atoms with Gasteiger partial charge in [-0.25, -0.2) is 0 Å². The van der Waals surface area contributed by atoms with Crippen LogP contribution in [0.5, 0.6) is 0 Å². The molecule has 0 unspecified atom stereocenters. The summed E-state index contributed by atoms with van der Waals surface area (Å²) in [4.78, 5) is 3.17. The minimum Gasteiger partial charge on any atom is -0.374 e. The number of nitrogens with one attached hydrogen (secondary N) is 1. The van der Waals surface area contributed by atoms with E-state index in [9.17, 15) is 0 Å². The SMILES string of the molecule is CCOC(C)(C)Cn1c(=S)[nH]c2cccc(Cl)c21. The first-order valence-corrected chi connectivity index (χ1v) is 6.74. The van der Waals surface area contributed by atoms with E-state index in [1.54, 1.807) is 0 Å². The van der Waals surface area contributed by atoms with Crippen molar-refractivity contribution in [1.29, 1.82) is 0 Å². The fraction of sp³-hybridized carbons (Fsp3) is 0.462. The zero-order chi connectivity index (χ0) is 13.3. The second kappa shape index (κ2) is 5.03. The van der Waals surface area contributed by atoms with E-state index in [2.05, 4.69) is 4.98 Å². The highest BCUT2D eigenvalue weighted by Crippen LogP contribution is 2.25. The van der Waals surface area contributed by atoms with Gasteiger partial charge < -0.3 is 14.3 Å². The van der Waals surface area contributed by atoms with Crippen molar-refractivity contribution in [2.24, 2.45) is 0 Å². The Hall–Kier alpha value is -0.840. The Balaban J connectivity index is 2.51. The van der Waals surface area contributed by atoms with Gasteiger partial charge in [-0.3, -0.25) is 0 Å². The maximum absolute atomic E-state index is 6.25. The highest BCUT2D eigenvalue weighted by Gasteiger charge is 2.21. The Bertz CT molecular complexity index is 615. The Morgan fingerprint density at radius 1 is 1.44 bits per heavy atom. The average Bonchev–Trinajstić information content (AvgIpc) is 2.56. The maximum atomic E-state index is 6.25. The fourth-order valence-corrected chi connectivity index (χ4v) is 2.69. The van der Waals surface area contributed by atoms with Gasteiger partial charge in [-0.05, 0) is 45.1 Å². The van der Waals surface area contributed by atoms with E-state index >= 15 is 0 Å². The van der Waals surface area contributed by atoms with Crippen molar-refractivity contribution in [2.45, 2.75) is 32.9 Å². The van der Waals surface area contributed by atoms with Crippen molar-refractivity contribution in [3.63, 3.8) is 0 Å². The van der Waals surface area contributed by atoms with Crippen molar-refractivity contribution < 1.29 is 4.74 Å². The number of nitrogens with zero attached hydrogens (tertiary/aromatic N) is 1. The van der Waals surface area contributed by atoms with Gasteiger partial charge in [-0.15, -0.1) is 0 Å². The standard InChI is InChI=1S/C13H17ClN2OS/c1-4-17-13(2,3)8-16-11-9(14)6-5-7-10(11)15-12(16)18/h5-7H,4,8H2,1-3H3,(H,15,18). The highest BCUT2D eigenvalue weighted by atomic mass is 35.5. The van der Waals surface area contributed by atoms with Crippen LogP contribution in [0.15, 0.2) is 18.2 Å². The van der Waals surface area contributed by atoms with Gasteiger partial charge in [0.05, 0.1) is 28.2 Å². The lowest BCUT2D eigenvalue weighted by atomic mass is 10.1. The second-order valence-electron chi connectivity index (χ2n) is 4.85. The molecule has 3 nitrogen and oxygen atoms in total. The molecule has 5 heteroatoms. The van der Waals surface area contributed by atoms with Crippen molar-refractivity contribution in [1.82, 2.24) is 9.55 Å². The molecule has 0 atom stereocenters. The molecule has 1 aromatic carbocycles. The van der Waals surface area contributed by atoms with Crippen molar-refractivity contribution >= 4 is 34.9 Å². The number of imidazole rings is 1. The van der Waals surface area contributed by atoms with Crippen LogP contribution in [0.3, 0.4) is 0 Å². The summed E-state index contributed by atoms with van der Waals surface area (Å²) in [7, 11) is 0. The predicted octanol–water partition coefficient (Wildman–Crippen LogP) is 4.17. The first-order chi connectivity index (χ1) is 8.44. The van der Waals surface area contributed by atoms with Gasteiger partial charge in [-0.1, -0.05) is 17.7 Å². The van der Waals surface area contributed by atoms with Crippen LogP contribution in [0.1, 0.15) is 20.8 Å². The molecule has 0 radical (unpaired) electrons. The first-order valence-electron chi connectivity index (χ1n) is 5.95. The lowest BCUT2D eigenvalue weighted by Gasteiger charge is -2.25. The van der Waals surface area contributed by atoms with Crippen LogP contribution in [-0.2, 0) is 11.3 Å². The number of para-hydroxylation sites is 1. The van der Waals surface area contributed by atoms with E-state index in [1.807, 2.05) is 43.5 Å². The van der Waals surface area contributed by atoms with E-state index in [1.165, 1.54) is 0 Å². The summed E-state index contributed by atoms with van der Waals surface area (Å²) in [5.74, 6) is 0. The van der Waals surface area contributed by atoms with Crippen LogP contribution in [0.2, 0.25) is 5.02 Å². The zero-order valence-electron chi connectivity index (χ0n) is 10.8. The Kier molecular flexibility index (Phi) is 3.80. The van der Waals surface area contributed by atoms with E-state index in [0.29, 0.717) is 22.9 Å². The smallest absolute Gasteiger partial charge is 0.178 e. The van der Waals surface area contributed by atoms with Crippen molar-refractivity contribution in [3.05, 3.63) is 28.0 Å². The molecule has 0 aliphatic rings. The van der Waals surface area contributed by atoms with Crippen LogP contribution in [0.25, 0.3) is 11.0 Å². The molecule has 0 aliphatic heterocycles. The molecule has 2 rings (SSSR count). The number of aromatic nitrogens is 2. The Morgan fingerprint density at radius 2 is 2.17 bits per heavy atom. The molecular weight excluding hydrogens is 268 g/mol. The minimum absolute atomic E-state index is 0.277. The minimum atomic E-state index is -0.277. The third kappa shape index (κ3) is 2.60. The molecule has 0 saturated carbocycles. The van der Waals surface area contributed by atoms with Crippen LogP contribution in [-0.4, -0.2) is 21.8 Å². The van der Waals surface area contributed by atoms with Gasteiger partial charge >= 0.3 is 0 Å². The number of fused-ring (bicyclic) bond motifs is 1. The topological polar surface area (TPSA) is 29.9 Å². The number of hydrogen-bond donors (Lipinski definition) is 1. The molecule has 1 N–H and O–H groups in total. The number of rotatable bonds is 4. The summed E-state index contributed by atoms with van der Waals surface area (Å²) in [6, 6.07) is 5.76. The Labute approximate surface area is 117 Å². The molecule has 0 amide bonds. The number of ether oxygens (including phenoxy) is 1. The molecule has 98 valence electrons. The summed E-state index contributed by atoms with van der Waals surface area (Å²) in [6.45, 7) is 7.44.